The van der Waals surface area contributed by atoms with Crippen molar-refractivity contribution in [2.45, 2.75) is 45.0 Å². The van der Waals surface area contributed by atoms with Crippen LogP contribution in [0.5, 0.6) is 0 Å². The van der Waals surface area contributed by atoms with Gasteiger partial charge in [-0.05, 0) is 18.1 Å². The largest absolute Gasteiger partial charge is 0.442 e. The Bertz CT molecular complexity index is 248. The molecule has 0 aliphatic carbocycles. The first kappa shape index (κ1) is 12.5. The molecule has 1 rings (SSSR count). The molecule has 0 spiro atoms. The van der Waals surface area contributed by atoms with Gasteiger partial charge in [0.2, 0.25) is 0 Å². The van der Waals surface area contributed by atoms with Gasteiger partial charge in [-0.2, -0.15) is 0 Å². The fourth-order valence-electron chi connectivity index (χ4n) is 1.04. The molecule has 4 nitrogen and oxygen atoms in total. The average Bonchev–Trinajstić information content (AvgIpc) is 2.46. The lowest BCUT2D eigenvalue weighted by molar-refractivity contribution is 0.0994. The summed E-state index contributed by atoms with van der Waals surface area (Å²) in [4.78, 5) is 10.8. The van der Waals surface area contributed by atoms with Crippen molar-refractivity contribution in [3.8, 4) is 0 Å². The molecular formula is C10H21NO3Si. The van der Waals surface area contributed by atoms with Crippen molar-refractivity contribution < 1.29 is 14.0 Å². The maximum Gasteiger partial charge on any atom is 0.407 e. The highest BCUT2D eigenvalue weighted by atomic mass is 28.4. The van der Waals surface area contributed by atoms with Gasteiger partial charge in [0, 0.05) is 0 Å². The van der Waals surface area contributed by atoms with Gasteiger partial charge in [-0.1, -0.05) is 20.8 Å². The van der Waals surface area contributed by atoms with E-state index < -0.39 is 8.32 Å². The predicted molar refractivity (Wildman–Crippen MR) is 61.4 cm³/mol. The molecule has 88 valence electrons. The van der Waals surface area contributed by atoms with E-state index in [0.717, 1.165) is 0 Å². The molecule has 1 fully saturated rings. The Balaban J connectivity index is 2.40. The van der Waals surface area contributed by atoms with E-state index in [0.29, 0.717) is 13.2 Å². The van der Waals surface area contributed by atoms with E-state index in [9.17, 15) is 4.79 Å². The SMILES string of the molecule is CC(C)(C)[Si](C)(C)OC[C@@H]1CNC(=O)O1. The minimum absolute atomic E-state index is 0.119. The molecule has 5 heteroatoms. The van der Waals surface area contributed by atoms with Crippen molar-refractivity contribution >= 4 is 14.4 Å². The van der Waals surface area contributed by atoms with Crippen molar-refractivity contribution in [2.24, 2.45) is 0 Å². The third kappa shape index (κ3) is 3.20. The van der Waals surface area contributed by atoms with Crippen LogP contribution in [-0.4, -0.2) is 33.7 Å². The van der Waals surface area contributed by atoms with Crippen molar-refractivity contribution in [2.75, 3.05) is 13.2 Å². The summed E-state index contributed by atoms with van der Waals surface area (Å²) in [6.07, 6.45) is -0.453. The fourth-order valence-corrected chi connectivity index (χ4v) is 2.08. The van der Waals surface area contributed by atoms with E-state index in [1.54, 1.807) is 0 Å². The molecule has 1 heterocycles. The van der Waals surface area contributed by atoms with Gasteiger partial charge in [-0.15, -0.1) is 0 Å². The number of amides is 1. The van der Waals surface area contributed by atoms with Crippen LogP contribution < -0.4 is 5.32 Å². The molecule has 1 amide bonds. The van der Waals surface area contributed by atoms with Crippen LogP contribution in [0.3, 0.4) is 0 Å². The first-order valence-corrected chi connectivity index (χ1v) is 8.22. The van der Waals surface area contributed by atoms with Crippen molar-refractivity contribution in [1.29, 1.82) is 0 Å². The standard InChI is InChI=1S/C10H21NO3Si/c1-10(2,3)15(4,5)13-7-8-6-11-9(12)14-8/h8H,6-7H2,1-5H3,(H,11,12)/t8-/m0/s1. The van der Waals surface area contributed by atoms with Gasteiger partial charge in [0.05, 0.1) is 13.2 Å². The zero-order valence-corrected chi connectivity index (χ0v) is 11.2. The minimum Gasteiger partial charge on any atom is -0.442 e. The lowest BCUT2D eigenvalue weighted by Gasteiger charge is -2.36. The lowest BCUT2D eigenvalue weighted by Crippen LogP contribution is -2.43. The molecule has 1 saturated heterocycles. The maximum absolute atomic E-state index is 10.8. The summed E-state index contributed by atoms with van der Waals surface area (Å²) in [5.74, 6) is 0. The molecular weight excluding hydrogens is 210 g/mol. The molecule has 1 aliphatic heterocycles. The summed E-state index contributed by atoms with van der Waals surface area (Å²) in [6, 6.07) is 0. The third-order valence-electron chi connectivity index (χ3n) is 3.18. The summed E-state index contributed by atoms with van der Waals surface area (Å²) < 4.78 is 11.0. The monoisotopic (exact) mass is 231 g/mol. The molecule has 0 aromatic rings. The smallest absolute Gasteiger partial charge is 0.407 e. The Kier molecular flexibility index (Phi) is 3.45. The van der Waals surface area contributed by atoms with E-state index in [4.69, 9.17) is 9.16 Å². The Morgan fingerprint density at radius 3 is 2.53 bits per heavy atom. The van der Waals surface area contributed by atoms with Crippen molar-refractivity contribution in [1.82, 2.24) is 5.32 Å². The molecule has 0 bridgehead atoms. The van der Waals surface area contributed by atoms with Crippen LogP contribution >= 0.6 is 0 Å². The summed E-state index contributed by atoms with van der Waals surface area (Å²) in [5, 5.41) is 2.82. The van der Waals surface area contributed by atoms with Gasteiger partial charge in [-0.25, -0.2) is 4.79 Å². The number of cyclic esters (lactones) is 1. The molecule has 0 aromatic heterocycles. The summed E-state index contributed by atoms with van der Waals surface area (Å²) in [5.41, 5.74) is 0. The zero-order valence-electron chi connectivity index (χ0n) is 10.2. The van der Waals surface area contributed by atoms with Gasteiger partial charge in [0.25, 0.3) is 0 Å². The quantitative estimate of drug-likeness (QED) is 0.757. The number of nitrogens with one attached hydrogen (secondary N) is 1. The summed E-state index contributed by atoms with van der Waals surface area (Å²) in [6.45, 7) is 12.0. The predicted octanol–water partition coefficient (Wildman–Crippen LogP) is 2.12. The van der Waals surface area contributed by atoms with Crippen LogP contribution in [0.15, 0.2) is 0 Å². The molecule has 1 aliphatic rings. The van der Waals surface area contributed by atoms with Crippen molar-refractivity contribution in [3.05, 3.63) is 0 Å². The number of hydrogen-bond acceptors (Lipinski definition) is 3. The molecule has 0 aromatic carbocycles. The molecule has 15 heavy (non-hydrogen) atoms. The Hall–Kier alpha value is -0.553. The fraction of sp³-hybridized carbons (Fsp3) is 0.900. The molecule has 0 unspecified atom stereocenters. The number of ether oxygens (including phenoxy) is 1. The lowest BCUT2D eigenvalue weighted by atomic mass is 10.2. The van der Waals surface area contributed by atoms with E-state index in [-0.39, 0.29) is 17.2 Å². The van der Waals surface area contributed by atoms with E-state index in [1.807, 2.05) is 0 Å². The minimum atomic E-state index is -1.71. The van der Waals surface area contributed by atoms with E-state index in [2.05, 4.69) is 39.2 Å². The van der Waals surface area contributed by atoms with Crippen LogP contribution in [0.1, 0.15) is 20.8 Å². The van der Waals surface area contributed by atoms with Gasteiger partial charge in [0.15, 0.2) is 8.32 Å². The second-order valence-corrected chi connectivity index (χ2v) is 10.3. The van der Waals surface area contributed by atoms with Crippen molar-refractivity contribution in [3.63, 3.8) is 0 Å². The second kappa shape index (κ2) is 4.13. The molecule has 0 saturated carbocycles. The van der Waals surface area contributed by atoms with Gasteiger partial charge < -0.3 is 14.5 Å². The zero-order chi connectivity index (χ0) is 11.7. The highest BCUT2D eigenvalue weighted by Gasteiger charge is 2.38. The van der Waals surface area contributed by atoms with Crippen LogP contribution in [0, 0.1) is 0 Å². The van der Waals surface area contributed by atoms with E-state index >= 15 is 0 Å². The Morgan fingerprint density at radius 2 is 2.13 bits per heavy atom. The molecule has 1 atom stereocenters. The van der Waals surface area contributed by atoms with Crippen LogP contribution in [0.25, 0.3) is 0 Å². The first-order valence-electron chi connectivity index (χ1n) is 5.31. The van der Waals surface area contributed by atoms with Gasteiger partial charge in [-0.3, -0.25) is 0 Å². The first-order chi connectivity index (χ1) is 6.72. The number of rotatable bonds is 3. The Morgan fingerprint density at radius 1 is 1.53 bits per heavy atom. The van der Waals surface area contributed by atoms with Crippen LogP contribution in [0.4, 0.5) is 4.79 Å². The number of hydrogen-bond donors (Lipinski definition) is 1. The topological polar surface area (TPSA) is 47.6 Å². The van der Waals surface area contributed by atoms with E-state index in [1.165, 1.54) is 0 Å². The number of carbonyl (C=O) groups excluding carboxylic acids is 1. The van der Waals surface area contributed by atoms with Gasteiger partial charge >= 0.3 is 6.09 Å². The number of alkyl carbamates (subject to hydrolysis) is 1. The summed E-state index contributed by atoms with van der Waals surface area (Å²) in [7, 11) is -1.71. The second-order valence-electron chi connectivity index (χ2n) is 5.48. The van der Waals surface area contributed by atoms with Crippen LogP contribution in [0.2, 0.25) is 18.1 Å². The highest BCUT2D eigenvalue weighted by molar-refractivity contribution is 6.74. The molecule has 0 radical (unpaired) electrons. The Labute approximate surface area is 92.5 Å². The maximum atomic E-state index is 10.8. The normalized spacial score (nSPS) is 22.5. The average molecular weight is 231 g/mol. The summed E-state index contributed by atoms with van der Waals surface area (Å²) >= 11 is 0. The molecule has 1 N–H and O–H groups in total. The van der Waals surface area contributed by atoms with Gasteiger partial charge in [0.1, 0.15) is 6.10 Å². The van der Waals surface area contributed by atoms with Crippen LogP contribution in [-0.2, 0) is 9.16 Å². The third-order valence-corrected chi connectivity index (χ3v) is 7.68. The highest BCUT2D eigenvalue weighted by Crippen LogP contribution is 2.36. The number of carbonyl (C=O) groups is 1.